The van der Waals surface area contributed by atoms with Crippen LogP contribution in [0.3, 0.4) is 0 Å². The first-order chi connectivity index (χ1) is 8.49. The lowest BCUT2D eigenvalue weighted by molar-refractivity contribution is -0.123. The smallest absolute Gasteiger partial charge is 0.257 e. The first-order valence-corrected chi connectivity index (χ1v) is 6.24. The lowest BCUT2D eigenvalue weighted by Crippen LogP contribution is -2.33. The summed E-state index contributed by atoms with van der Waals surface area (Å²) in [6.45, 7) is 7.09. The van der Waals surface area contributed by atoms with E-state index < -0.39 is 0 Å². The van der Waals surface area contributed by atoms with E-state index in [1.807, 2.05) is 0 Å². The lowest BCUT2D eigenvalue weighted by Gasteiger charge is -2.16. The second kappa shape index (κ2) is 6.89. The Morgan fingerprint density at radius 3 is 2.72 bits per heavy atom. The van der Waals surface area contributed by atoms with Crippen molar-refractivity contribution < 1.29 is 9.53 Å². The van der Waals surface area contributed by atoms with Crippen molar-refractivity contribution in [3.8, 4) is 5.75 Å². The first-order valence-electron chi connectivity index (χ1n) is 6.24. The molecule has 4 nitrogen and oxygen atoms in total. The Kier molecular flexibility index (Phi) is 5.49. The molecule has 0 saturated heterocycles. The van der Waals surface area contributed by atoms with E-state index in [-0.39, 0.29) is 12.5 Å². The normalized spacial score (nSPS) is 12.2. The van der Waals surface area contributed by atoms with Crippen LogP contribution in [0.2, 0.25) is 0 Å². The summed E-state index contributed by atoms with van der Waals surface area (Å²) in [7, 11) is 0. The number of rotatable bonds is 6. The number of carbonyl (C=O) groups is 1. The van der Waals surface area contributed by atoms with E-state index in [4.69, 9.17) is 10.5 Å². The van der Waals surface area contributed by atoms with Crippen molar-refractivity contribution in [3.63, 3.8) is 0 Å². The molecule has 0 saturated carbocycles. The number of nitrogens with two attached hydrogens (primary N) is 1. The molecule has 100 valence electrons. The molecule has 0 aliphatic rings. The molecule has 1 rings (SSSR count). The van der Waals surface area contributed by atoms with Crippen LogP contribution < -0.4 is 15.8 Å². The van der Waals surface area contributed by atoms with Crippen molar-refractivity contribution in [1.82, 2.24) is 5.32 Å². The fourth-order valence-electron chi connectivity index (χ4n) is 1.31. The van der Waals surface area contributed by atoms with Gasteiger partial charge in [-0.1, -0.05) is 26.8 Å². The maximum Gasteiger partial charge on any atom is 0.257 e. The molecule has 0 aliphatic heterocycles. The Hall–Kier alpha value is -1.71. The Morgan fingerprint density at radius 2 is 2.11 bits per heavy atom. The van der Waals surface area contributed by atoms with Gasteiger partial charge in [0.05, 0.1) is 0 Å². The first kappa shape index (κ1) is 14.4. The van der Waals surface area contributed by atoms with Crippen molar-refractivity contribution >= 4 is 11.6 Å². The zero-order chi connectivity index (χ0) is 13.5. The van der Waals surface area contributed by atoms with Crippen LogP contribution in [0.15, 0.2) is 24.3 Å². The van der Waals surface area contributed by atoms with Crippen molar-refractivity contribution in [2.45, 2.75) is 20.8 Å². The zero-order valence-electron chi connectivity index (χ0n) is 11.3. The molecular formula is C14H22N2O2. The van der Waals surface area contributed by atoms with Gasteiger partial charge in [-0.3, -0.25) is 4.79 Å². The minimum absolute atomic E-state index is 0.0221. The van der Waals surface area contributed by atoms with Gasteiger partial charge < -0.3 is 15.8 Å². The highest BCUT2D eigenvalue weighted by atomic mass is 16.5. The Labute approximate surface area is 109 Å². The largest absolute Gasteiger partial charge is 0.484 e. The average molecular weight is 250 g/mol. The lowest BCUT2D eigenvalue weighted by atomic mass is 9.98. The third kappa shape index (κ3) is 5.08. The van der Waals surface area contributed by atoms with Crippen LogP contribution in [-0.4, -0.2) is 19.1 Å². The number of amides is 1. The zero-order valence-corrected chi connectivity index (χ0v) is 11.3. The summed E-state index contributed by atoms with van der Waals surface area (Å²) in [5, 5.41) is 2.85. The van der Waals surface area contributed by atoms with Gasteiger partial charge in [0.25, 0.3) is 5.91 Å². The number of hydrogen-bond acceptors (Lipinski definition) is 3. The van der Waals surface area contributed by atoms with Crippen molar-refractivity contribution in [2.75, 3.05) is 18.9 Å². The second-order valence-corrected chi connectivity index (χ2v) is 4.89. The molecule has 1 atom stereocenters. The average Bonchev–Trinajstić information content (AvgIpc) is 2.33. The van der Waals surface area contributed by atoms with Gasteiger partial charge >= 0.3 is 0 Å². The molecule has 1 amide bonds. The van der Waals surface area contributed by atoms with E-state index >= 15 is 0 Å². The molecule has 0 aromatic heterocycles. The molecule has 0 aliphatic carbocycles. The van der Waals surface area contributed by atoms with Crippen molar-refractivity contribution in [2.24, 2.45) is 11.8 Å². The van der Waals surface area contributed by atoms with Crippen LogP contribution in [0, 0.1) is 11.8 Å². The van der Waals surface area contributed by atoms with Gasteiger partial charge in [-0.05, 0) is 24.0 Å². The van der Waals surface area contributed by atoms with Crippen LogP contribution in [0.25, 0.3) is 0 Å². The van der Waals surface area contributed by atoms with Crippen LogP contribution in [0.5, 0.6) is 5.75 Å². The molecule has 1 aromatic carbocycles. The summed E-state index contributed by atoms with van der Waals surface area (Å²) in [6.07, 6.45) is 0. The minimum Gasteiger partial charge on any atom is -0.484 e. The summed E-state index contributed by atoms with van der Waals surface area (Å²) < 4.78 is 5.35. The van der Waals surface area contributed by atoms with E-state index in [1.54, 1.807) is 24.3 Å². The molecule has 0 radical (unpaired) electrons. The number of hydrogen-bond donors (Lipinski definition) is 2. The summed E-state index contributed by atoms with van der Waals surface area (Å²) in [5.41, 5.74) is 6.24. The highest BCUT2D eigenvalue weighted by Crippen LogP contribution is 2.14. The molecule has 4 heteroatoms. The fraction of sp³-hybridized carbons (Fsp3) is 0.500. The van der Waals surface area contributed by atoms with Gasteiger partial charge in [0.15, 0.2) is 6.61 Å². The predicted molar refractivity (Wildman–Crippen MR) is 73.4 cm³/mol. The molecule has 3 N–H and O–H groups in total. The highest BCUT2D eigenvalue weighted by Gasteiger charge is 2.09. The molecule has 1 aromatic rings. The van der Waals surface area contributed by atoms with Crippen LogP contribution in [0.4, 0.5) is 5.69 Å². The van der Waals surface area contributed by atoms with Gasteiger partial charge in [-0.15, -0.1) is 0 Å². The third-order valence-corrected chi connectivity index (χ3v) is 2.99. The monoisotopic (exact) mass is 250 g/mol. The van der Waals surface area contributed by atoms with Crippen LogP contribution in [0.1, 0.15) is 20.8 Å². The maximum atomic E-state index is 11.6. The summed E-state index contributed by atoms with van der Waals surface area (Å²) in [6, 6.07) is 7.05. The second-order valence-electron chi connectivity index (χ2n) is 4.89. The molecule has 0 fully saturated rings. The topological polar surface area (TPSA) is 64.3 Å². The molecule has 0 spiro atoms. The molecule has 0 bridgehead atoms. The summed E-state index contributed by atoms with van der Waals surface area (Å²) >= 11 is 0. The van der Waals surface area contributed by atoms with Gasteiger partial charge in [0, 0.05) is 18.3 Å². The number of benzene rings is 1. The number of anilines is 1. The summed E-state index contributed by atoms with van der Waals surface area (Å²) in [5.74, 6) is 1.52. The number of carbonyl (C=O) groups excluding carboxylic acids is 1. The van der Waals surface area contributed by atoms with Gasteiger partial charge in [-0.2, -0.15) is 0 Å². The third-order valence-electron chi connectivity index (χ3n) is 2.99. The van der Waals surface area contributed by atoms with E-state index in [9.17, 15) is 4.79 Å². The minimum atomic E-state index is -0.107. The van der Waals surface area contributed by atoms with Gasteiger partial charge in [0.2, 0.25) is 0 Å². The quantitative estimate of drug-likeness (QED) is 0.759. The Balaban J connectivity index is 2.29. The van der Waals surface area contributed by atoms with Crippen LogP contribution >= 0.6 is 0 Å². The van der Waals surface area contributed by atoms with Crippen molar-refractivity contribution in [1.29, 1.82) is 0 Å². The molecular weight excluding hydrogens is 228 g/mol. The molecule has 1 unspecified atom stereocenters. The van der Waals surface area contributed by atoms with E-state index in [2.05, 4.69) is 26.1 Å². The fourth-order valence-corrected chi connectivity index (χ4v) is 1.31. The predicted octanol–water partition coefficient (Wildman–Crippen LogP) is 2.06. The van der Waals surface area contributed by atoms with E-state index in [0.717, 1.165) is 0 Å². The van der Waals surface area contributed by atoms with E-state index in [1.165, 1.54) is 0 Å². The Bertz CT molecular complexity index is 391. The Morgan fingerprint density at radius 1 is 1.39 bits per heavy atom. The van der Waals surface area contributed by atoms with Crippen molar-refractivity contribution in [3.05, 3.63) is 24.3 Å². The number of nitrogens with one attached hydrogen (secondary N) is 1. The van der Waals surface area contributed by atoms with Gasteiger partial charge in [-0.25, -0.2) is 0 Å². The maximum absolute atomic E-state index is 11.6. The SMILES string of the molecule is CC(C)C(C)CNC(=O)COc1cccc(N)c1. The van der Waals surface area contributed by atoms with Crippen LogP contribution in [-0.2, 0) is 4.79 Å². The van der Waals surface area contributed by atoms with Gasteiger partial charge in [0.1, 0.15) is 5.75 Å². The highest BCUT2D eigenvalue weighted by molar-refractivity contribution is 5.77. The molecule has 0 heterocycles. The standard InChI is InChI=1S/C14H22N2O2/c1-10(2)11(3)8-16-14(17)9-18-13-6-4-5-12(15)7-13/h4-7,10-11H,8-9,15H2,1-3H3,(H,16,17). The summed E-state index contributed by atoms with van der Waals surface area (Å²) in [4.78, 5) is 11.6. The number of nitrogen functional groups attached to an aromatic ring is 1. The number of ether oxygens (including phenoxy) is 1. The van der Waals surface area contributed by atoms with E-state index in [0.29, 0.717) is 29.8 Å². The molecule has 18 heavy (non-hydrogen) atoms.